The maximum Gasteiger partial charge on any atom is 0.191 e. The SMILES string of the molecule is CCNC(=NCc1ccccc1CO)NCC(c1ccc(F)cc1)N1CCOCC1. The number of halogens is 1. The van der Waals surface area contributed by atoms with Crippen LogP contribution in [0, 0.1) is 5.82 Å². The van der Waals surface area contributed by atoms with E-state index in [4.69, 9.17) is 9.73 Å². The van der Waals surface area contributed by atoms with Gasteiger partial charge in [-0.3, -0.25) is 4.90 Å². The van der Waals surface area contributed by atoms with E-state index in [0.717, 1.165) is 36.3 Å². The van der Waals surface area contributed by atoms with Gasteiger partial charge >= 0.3 is 0 Å². The van der Waals surface area contributed by atoms with Crippen LogP contribution in [0.25, 0.3) is 0 Å². The summed E-state index contributed by atoms with van der Waals surface area (Å²) in [5.74, 6) is 0.482. The largest absolute Gasteiger partial charge is 0.392 e. The standard InChI is InChI=1S/C23H31FN4O2/c1-2-25-23(26-15-19-5-3-4-6-20(19)17-29)27-16-22(28-11-13-30-14-12-28)18-7-9-21(24)10-8-18/h3-10,22,29H,2,11-17H2,1H3,(H2,25,26,27). The smallest absolute Gasteiger partial charge is 0.191 e. The highest BCUT2D eigenvalue weighted by atomic mass is 19.1. The minimum absolute atomic E-state index is 0.000661. The second-order valence-corrected chi connectivity index (χ2v) is 7.22. The van der Waals surface area contributed by atoms with E-state index in [0.29, 0.717) is 32.3 Å². The zero-order valence-electron chi connectivity index (χ0n) is 17.5. The molecule has 0 aromatic heterocycles. The first kappa shape index (κ1) is 22.2. The average Bonchev–Trinajstić information content (AvgIpc) is 2.79. The summed E-state index contributed by atoms with van der Waals surface area (Å²) in [6.45, 7) is 6.95. The Morgan fingerprint density at radius 3 is 2.47 bits per heavy atom. The molecule has 1 saturated heterocycles. The Morgan fingerprint density at radius 1 is 1.10 bits per heavy atom. The third-order valence-electron chi connectivity index (χ3n) is 5.24. The molecule has 1 unspecified atom stereocenters. The lowest BCUT2D eigenvalue weighted by atomic mass is 10.0. The molecular weight excluding hydrogens is 383 g/mol. The summed E-state index contributed by atoms with van der Waals surface area (Å²) in [5, 5.41) is 16.3. The Bertz CT molecular complexity index is 807. The maximum absolute atomic E-state index is 13.4. The second-order valence-electron chi connectivity index (χ2n) is 7.22. The van der Waals surface area contributed by atoms with E-state index < -0.39 is 0 Å². The predicted molar refractivity (Wildman–Crippen MR) is 117 cm³/mol. The Kier molecular flexibility index (Phi) is 8.62. The van der Waals surface area contributed by atoms with E-state index in [-0.39, 0.29) is 18.5 Å². The van der Waals surface area contributed by atoms with Gasteiger partial charge in [-0.15, -0.1) is 0 Å². The molecular formula is C23H31FN4O2. The lowest BCUT2D eigenvalue weighted by Crippen LogP contribution is -2.46. The molecule has 7 heteroatoms. The van der Waals surface area contributed by atoms with Gasteiger partial charge in [0.15, 0.2) is 5.96 Å². The van der Waals surface area contributed by atoms with Crippen molar-refractivity contribution >= 4 is 5.96 Å². The maximum atomic E-state index is 13.4. The minimum Gasteiger partial charge on any atom is -0.392 e. The number of aliphatic hydroxyl groups is 1. The Labute approximate surface area is 177 Å². The van der Waals surface area contributed by atoms with Crippen LogP contribution in [-0.4, -0.2) is 55.4 Å². The van der Waals surface area contributed by atoms with Crippen molar-refractivity contribution in [3.05, 3.63) is 71.0 Å². The molecule has 6 nitrogen and oxygen atoms in total. The molecule has 0 aliphatic carbocycles. The number of aliphatic hydroxyl groups excluding tert-OH is 1. The normalized spacial score (nSPS) is 16.3. The summed E-state index contributed by atoms with van der Waals surface area (Å²) < 4.78 is 18.9. The van der Waals surface area contributed by atoms with Crippen molar-refractivity contribution in [1.82, 2.24) is 15.5 Å². The highest BCUT2D eigenvalue weighted by Crippen LogP contribution is 2.21. The van der Waals surface area contributed by atoms with Gasteiger partial charge in [-0.25, -0.2) is 9.38 Å². The van der Waals surface area contributed by atoms with Gasteiger partial charge in [0.05, 0.1) is 32.4 Å². The van der Waals surface area contributed by atoms with Crippen molar-refractivity contribution < 1.29 is 14.2 Å². The van der Waals surface area contributed by atoms with Crippen molar-refractivity contribution in [3.63, 3.8) is 0 Å². The predicted octanol–water partition coefficient (Wildman–Crippen LogP) is 2.45. The van der Waals surface area contributed by atoms with Crippen molar-refractivity contribution in [1.29, 1.82) is 0 Å². The number of benzene rings is 2. The fourth-order valence-corrected chi connectivity index (χ4v) is 3.60. The number of nitrogens with zero attached hydrogens (tertiary/aromatic N) is 2. The lowest BCUT2D eigenvalue weighted by Gasteiger charge is -2.35. The number of morpholine rings is 1. The molecule has 0 bridgehead atoms. The van der Waals surface area contributed by atoms with Crippen LogP contribution in [-0.2, 0) is 17.9 Å². The quantitative estimate of drug-likeness (QED) is 0.457. The van der Waals surface area contributed by atoms with Gasteiger partial charge in [0.25, 0.3) is 0 Å². The number of ether oxygens (including phenoxy) is 1. The molecule has 0 saturated carbocycles. The van der Waals surface area contributed by atoms with E-state index in [1.807, 2.05) is 43.3 Å². The van der Waals surface area contributed by atoms with Crippen LogP contribution >= 0.6 is 0 Å². The third-order valence-corrected chi connectivity index (χ3v) is 5.24. The Hall–Kier alpha value is -2.48. The van der Waals surface area contributed by atoms with Crippen LogP contribution in [0.1, 0.15) is 29.7 Å². The molecule has 1 atom stereocenters. The zero-order chi connectivity index (χ0) is 21.2. The monoisotopic (exact) mass is 414 g/mol. The highest BCUT2D eigenvalue weighted by Gasteiger charge is 2.23. The van der Waals surface area contributed by atoms with Crippen molar-refractivity contribution in [2.45, 2.75) is 26.1 Å². The van der Waals surface area contributed by atoms with Crippen LogP contribution in [0.2, 0.25) is 0 Å². The first-order chi connectivity index (χ1) is 14.7. The molecule has 1 heterocycles. The minimum atomic E-state index is -0.232. The molecule has 30 heavy (non-hydrogen) atoms. The molecule has 0 spiro atoms. The van der Waals surface area contributed by atoms with Gasteiger partial charge in [0.2, 0.25) is 0 Å². The Balaban J connectivity index is 1.72. The summed E-state index contributed by atoms with van der Waals surface area (Å²) in [6, 6.07) is 14.6. The molecule has 1 aliphatic rings. The lowest BCUT2D eigenvalue weighted by molar-refractivity contribution is 0.0170. The molecule has 2 aromatic rings. The summed E-state index contributed by atoms with van der Waals surface area (Å²) >= 11 is 0. The van der Waals surface area contributed by atoms with Crippen LogP contribution in [0.4, 0.5) is 4.39 Å². The molecule has 2 aromatic carbocycles. The topological polar surface area (TPSA) is 69.1 Å². The second kappa shape index (κ2) is 11.6. The van der Waals surface area contributed by atoms with Gasteiger partial charge < -0.3 is 20.5 Å². The van der Waals surface area contributed by atoms with Crippen molar-refractivity contribution in [2.24, 2.45) is 4.99 Å². The van der Waals surface area contributed by atoms with E-state index in [1.165, 1.54) is 12.1 Å². The fraction of sp³-hybridized carbons (Fsp3) is 0.435. The number of hydrogen-bond acceptors (Lipinski definition) is 4. The molecule has 162 valence electrons. The Morgan fingerprint density at radius 2 is 1.80 bits per heavy atom. The molecule has 3 rings (SSSR count). The number of guanidine groups is 1. The molecule has 1 aliphatic heterocycles. The van der Waals surface area contributed by atoms with Gasteiger partial charge in [-0.2, -0.15) is 0 Å². The highest BCUT2D eigenvalue weighted by molar-refractivity contribution is 5.79. The average molecular weight is 415 g/mol. The van der Waals surface area contributed by atoms with Crippen LogP contribution in [0.5, 0.6) is 0 Å². The fourth-order valence-electron chi connectivity index (χ4n) is 3.60. The summed E-state index contributed by atoms with van der Waals surface area (Å²) in [7, 11) is 0. The molecule has 1 fully saturated rings. The van der Waals surface area contributed by atoms with Crippen LogP contribution in [0.15, 0.2) is 53.5 Å². The van der Waals surface area contributed by atoms with E-state index >= 15 is 0 Å². The zero-order valence-corrected chi connectivity index (χ0v) is 17.5. The first-order valence-corrected chi connectivity index (χ1v) is 10.5. The number of hydrogen-bond donors (Lipinski definition) is 3. The summed E-state index contributed by atoms with van der Waals surface area (Å²) in [5.41, 5.74) is 2.95. The van der Waals surface area contributed by atoms with Gasteiger partial charge in [-0.1, -0.05) is 36.4 Å². The number of aliphatic imine (C=N–C) groups is 1. The number of rotatable bonds is 8. The summed E-state index contributed by atoms with van der Waals surface area (Å²) in [4.78, 5) is 7.05. The number of nitrogens with one attached hydrogen (secondary N) is 2. The van der Waals surface area contributed by atoms with Crippen molar-refractivity contribution in [3.8, 4) is 0 Å². The van der Waals surface area contributed by atoms with E-state index in [9.17, 15) is 9.50 Å². The van der Waals surface area contributed by atoms with Crippen molar-refractivity contribution in [2.75, 3.05) is 39.4 Å². The first-order valence-electron chi connectivity index (χ1n) is 10.5. The molecule has 3 N–H and O–H groups in total. The van der Waals surface area contributed by atoms with Crippen LogP contribution < -0.4 is 10.6 Å². The van der Waals surface area contributed by atoms with Gasteiger partial charge in [0, 0.05) is 26.2 Å². The molecule has 0 amide bonds. The van der Waals surface area contributed by atoms with E-state index in [2.05, 4.69) is 15.5 Å². The molecule has 0 radical (unpaired) electrons. The van der Waals surface area contributed by atoms with Gasteiger partial charge in [-0.05, 0) is 35.7 Å². The third kappa shape index (κ3) is 6.26. The van der Waals surface area contributed by atoms with E-state index in [1.54, 1.807) is 0 Å². The van der Waals surface area contributed by atoms with Crippen LogP contribution in [0.3, 0.4) is 0 Å². The summed E-state index contributed by atoms with van der Waals surface area (Å²) in [6.07, 6.45) is 0. The van der Waals surface area contributed by atoms with Gasteiger partial charge in [0.1, 0.15) is 5.82 Å².